The van der Waals surface area contributed by atoms with Crippen LogP contribution in [0.2, 0.25) is 0 Å². The minimum absolute atomic E-state index is 0.0155. The summed E-state index contributed by atoms with van der Waals surface area (Å²) in [5, 5.41) is 12.1. The summed E-state index contributed by atoms with van der Waals surface area (Å²) in [7, 11) is 0. The monoisotopic (exact) mass is 347 g/mol. The quantitative estimate of drug-likeness (QED) is 0.798. The van der Waals surface area contributed by atoms with E-state index in [1.54, 1.807) is 0 Å². The highest BCUT2D eigenvalue weighted by atomic mass is 32.1. The molecule has 0 aliphatic carbocycles. The second kappa shape index (κ2) is 8.24. The molecular formula is C18H25N3O2S. The van der Waals surface area contributed by atoms with Gasteiger partial charge >= 0.3 is 0 Å². The van der Waals surface area contributed by atoms with Crippen molar-refractivity contribution in [3.63, 3.8) is 0 Å². The molecule has 1 N–H and O–H groups in total. The molecule has 24 heavy (non-hydrogen) atoms. The zero-order valence-corrected chi connectivity index (χ0v) is 15.6. The van der Waals surface area contributed by atoms with Crippen LogP contribution in [0.1, 0.15) is 57.5 Å². The van der Waals surface area contributed by atoms with Gasteiger partial charge in [-0.3, -0.25) is 4.79 Å². The molecule has 2 aromatic rings. The summed E-state index contributed by atoms with van der Waals surface area (Å²) in [5.74, 6) is 0.782. The molecule has 0 saturated carbocycles. The summed E-state index contributed by atoms with van der Waals surface area (Å²) >= 11 is 1.34. The molecule has 2 rings (SSSR count). The predicted octanol–water partition coefficient (Wildman–Crippen LogP) is 4.54. The molecule has 1 heterocycles. The van der Waals surface area contributed by atoms with Gasteiger partial charge < -0.3 is 10.1 Å². The van der Waals surface area contributed by atoms with E-state index in [-0.39, 0.29) is 11.3 Å². The summed E-state index contributed by atoms with van der Waals surface area (Å²) in [6.07, 6.45) is 2.39. The molecule has 1 aromatic heterocycles. The van der Waals surface area contributed by atoms with Crippen LogP contribution in [0, 0.1) is 0 Å². The number of carbonyl (C=O) groups is 1. The second-order valence-corrected chi connectivity index (χ2v) is 7.78. The first-order chi connectivity index (χ1) is 11.4. The Hall–Kier alpha value is -1.95. The number of hydrogen-bond acceptors (Lipinski definition) is 5. The van der Waals surface area contributed by atoms with Gasteiger partial charge in [-0.1, -0.05) is 57.6 Å². The third kappa shape index (κ3) is 5.60. The Morgan fingerprint density at radius 2 is 1.92 bits per heavy atom. The fourth-order valence-electron chi connectivity index (χ4n) is 2.08. The van der Waals surface area contributed by atoms with Gasteiger partial charge in [-0.2, -0.15) is 0 Å². The van der Waals surface area contributed by atoms with Gasteiger partial charge in [0, 0.05) is 6.42 Å². The minimum atomic E-state index is -0.0155. The van der Waals surface area contributed by atoms with Gasteiger partial charge in [0.05, 0.1) is 0 Å². The Labute approximate surface area is 147 Å². The van der Waals surface area contributed by atoms with Crippen molar-refractivity contribution in [3.8, 4) is 5.75 Å². The Kier molecular flexibility index (Phi) is 6.31. The van der Waals surface area contributed by atoms with Gasteiger partial charge in [-0.25, -0.2) is 0 Å². The number of aromatic nitrogens is 2. The van der Waals surface area contributed by atoms with Crippen molar-refractivity contribution < 1.29 is 9.53 Å². The van der Waals surface area contributed by atoms with E-state index >= 15 is 0 Å². The van der Waals surface area contributed by atoms with E-state index in [0.717, 1.165) is 23.6 Å². The number of carbonyl (C=O) groups excluding carboxylic acids is 1. The van der Waals surface area contributed by atoms with Crippen LogP contribution >= 0.6 is 11.3 Å². The first kappa shape index (κ1) is 18.4. The molecule has 0 aliphatic heterocycles. The van der Waals surface area contributed by atoms with Crippen LogP contribution in [0.5, 0.6) is 5.75 Å². The fraction of sp³-hybridized carbons (Fsp3) is 0.500. The highest BCUT2D eigenvalue weighted by Gasteiger charge is 2.13. The number of anilines is 1. The van der Waals surface area contributed by atoms with Crippen LogP contribution in [0.4, 0.5) is 5.13 Å². The summed E-state index contributed by atoms with van der Waals surface area (Å²) < 4.78 is 5.74. The number of nitrogens with zero attached hydrogens (tertiary/aromatic N) is 2. The molecule has 0 bridgehead atoms. The maximum absolute atomic E-state index is 11.7. The molecule has 0 spiro atoms. The molecule has 6 heteroatoms. The first-order valence-corrected chi connectivity index (χ1v) is 9.05. The van der Waals surface area contributed by atoms with Gasteiger partial charge in [-0.05, 0) is 29.5 Å². The van der Waals surface area contributed by atoms with E-state index in [0.29, 0.717) is 18.2 Å². The number of rotatable bonds is 7. The van der Waals surface area contributed by atoms with Crippen molar-refractivity contribution in [2.75, 3.05) is 5.32 Å². The lowest BCUT2D eigenvalue weighted by Crippen LogP contribution is -2.10. The molecule has 0 unspecified atom stereocenters. The zero-order chi connectivity index (χ0) is 17.6. The van der Waals surface area contributed by atoms with Gasteiger partial charge in [0.15, 0.2) is 5.01 Å². The summed E-state index contributed by atoms with van der Waals surface area (Å²) in [4.78, 5) is 11.7. The fourth-order valence-corrected chi connectivity index (χ4v) is 2.75. The van der Waals surface area contributed by atoms with E-state index in [4.69, 9.17) is 4.74 Å². The highest BCUT2D eigenvalue weighted by molar-refractivity contribution is 7.15. The standard InChI is InChI=1S/C18H25N3O2S/c1-5-6-7-15(22)19-17-21-20-16(24-17)12-23-14-10-8-13(9-11-14)18(2,3)4/h8-11H,5-7,12H2,1-4H3,(H,19,21,22). The normalized spacial score (nSPS) is 11.3. The van der Waals surface area contributed by atoms with E-state index < -0.39 is 0 Å². The smallest absolute Gasteiger partial charge is 0.226 e. The maximum Gasteiger partial charge on any atom is 0.226 e. The molecule has 0 saturated heterocycles. The van der Waals surface area contributed by atoms with Crippen LogP contribution in [0.15, 0.2) is 24.3 Å². The largest absolute Gasteiger partial charge is 0.486 e. The number of unbranched alkanes of at least 4 members (excludes halogenated alkanes) is 1. The van der Waals surface area contributed by atoms with Crippen LogP contribution in [0.25, 0.3) is 0 Å². The molecule has 0 fully saturated rings. The first-order valence-electron chi connectivity index (χ1n) is 8.24. The lowest BCUT2D eigenvalue weighted by atomic mass is 9.87. The summed E-state index contributed by atoms with van der Waals surface area (Å²) in [6, 6.07) is 8.09. The number of amides is 1. The number of nitrogens with one attached hydrogen (secondary N) is 1. The second-order valence-electron chi connectivity index (χ2n) is 6.72. The average molecular weight is 347 g/mol. The molecule has 0 radical (unpaired) electrons. The lowest BCUT2D eigenvalue weighted by molar-refractivity contribution is -0.116. The Morgan fingerprint density at radius 3 is 2.54 bits per heavy atom. The molecule has 5 nitrogen and oxygen atoms in total. The molecule has 1 aromatic carbocycles. The molecule has 130 valence electrons. The van der Waals surface area contributed by atoms with E-state index in [2.05, 4.69) is 55.3 Å². The van der Waals surface area contributed by atoms with Gasteiger partial charge in [0.1, 0.15) is 12.4 Å². The number of hydrogen-bond donors (Lipinski definition) is 1. The molecule has 0 atom stereocenters. The van der Waals surface area contributed by atoms with Crippen molar-refractivity contribution in [1.82, 2.24) is 10.2 Å². The van der Waals surface area contributed by atoms with Crippen LogP contribution < -0.4 is 10.1 Å². The van der Waals surface area contributed by atoms with Crippen LogP contribution in [-0.4, -0.2) is 16.1 Å². The van der Waals surface area contributed by atoms with E-state index in [9.17, 15) is 4.79 Å². The summed E-state index contributed by atoms with van der Waals surface area (Å²) in [5.41, 5.74) is 1.39. The van der Waals surface area contributed by atoms with Crippen molar-refractivity contribution >= 4 is 22.4 Å². The molecule has 0 aliphatic rings. The topological polar surface area (TPSA) is 64.1 Å². The van der Waals surface area contributed by atoms with Crippen molar-refractivity contribution in [1.29, 1.82) is 0 Å². The third-order valence-electron chi connectivity index (χ3n) is 3.55. The Balaban J connectivity index is 1.85. The van der Waals surface area contributed by atoms with Crippen molar-refractivity contribution in [2.24, 2.45) is 0 Å². The van der Waals surface area contributed by atoms with Gasteiger partial charge in [-0.15, -0.1) is 10.2 Å². The van der Waals surface area contributed by atoms with Crippen molar-refractivity contribution in [3.05, 3.63) is 34.8 Å². The Bertz CT molecular complexity index is 660. The lowest BCUT2D eigenvalue weighted by Gasteiger charge is -2.19. The minimum Gasteiger partial charge on any atom is -0.486 e. The zero-order valence-electron chi connectivity index (χ0n) is 14.8. The number of benzene rings is 1. The van der Waals surface area contributed by atoms with Gasteiger partial charge in [0.25, 0.3) is 0 Å². The van der Waals surface area contributed by atoms with E-state index in [1.807, 2.05) is 12.1 Å². The predicted molar refractivity (Wildman–Crippen MR) is 97.5 cm³/mol. The third-order valence-corrected chi connectivity index (χ3v) is 4.37. The summed E-state index contributed by atoms with van der Waals surface area (Å²) in [6.45, 7) is 8.94. The Morgan fingerprint density at radius 1 is 1.21 bits per heavy atom. The van der Waals surface area contributed by atoms with Crippen molar-refractivity contribution in [2.45, 2.75) is 59.0 Å². The van der Waals surface area contributed by atoms with Crippen LogP contribution in [-0.2, 0) is 16.8 Å². The average Bonchev–Trinajstić information content (AvgIpc) is 2.98. The highest BCUT2D eigenvalue weighted by Crippen LogP contribution is 2.25. The number of ether oxygens (including phenoxy) is 1. The van der Waals surface area contributed by atoms with Crippen LogP contribution in [0.3, 0.4) is 0 Å². The molecule has 1 amide bonds. The maximum atomic E-state index is 11.7. The molecular weight excluding hydrogens is 322 g/mol. The van der Waals surface area contributed by atoms with Gasteiger partial charge in [0.2, 0.25) is 11.0 Å². The SMILES string of the molecule is CCCCC(=O)Nc1nnc(COc2ccc(C(C)(C)C)cc2)s1. The van der Waals surface area contributed by atoms with E-state index in [1.165, 1.54) is 16.9 Å².